The molecule has 5 heteroatoms. The van der Waals surface area contributed by atoms with Crippen LogP contribution in [0.1, 0.15) is 46.5 Å². The molecule has 0 saturated carbocycles. The highest BCUT2D eigenvalue weighted by Crippen LogP contribution is 2.37. The van der Waals surface area contributed by atoms with E-state index >= 15 is 0 Å². The lowest BCUT2D eigenvalue weighted by molar-refractivity contribution is -0.145. The van der Waals surface area contributed by atoms with Crippen LogP contribution in [0.3, 0.4) is 0 Å². The van der Waals surface area contributed by atoms with Gasteiger partial charge in [0.05, 0.1) is 7.11 Å². The van der Waals surface area contributed by atoms with Crippen LogP contribution in [0.4, 0.5) is 0 Å². The van der Waals surface area contributed by atoms with Crippen LogP contribution in [0.5, 0.6) is 0 Å². The number of ether oxygens (including phenoxy) is 1. The number of esters is 1. The lowest BCUT2D eigenvalue weighted by atomic mass is 9.74. The molecule has 0 spiro atoms. The molecule has 1 heterocycles. The van der Waals surface area contributed by atoms with Gasteiger partial charge in [-0.3, -0.25) is 4.79 Å². The number of carbonyl (C=O) groups excluding carboxylic acids is 2. The Morgan fingerprint density at radius 3 is 2.20 bits per heavy atom. The molecule has 20 heavy (non-hydrogen) atoms. The molecule has 1 saturated heterocycles. The molecule has 1 aliphatic heterocycles. The van der Waals surface area contributed by atoms with Crippen molar-refractivity contribution in [3.8, 4) is 0 Å². The third kappa shape index (κ3) is 4.47. The summed E-state index contributed by atoms with van der Waals surface area (Å²) in [7, 11) is 1.35. The lowest BCUT2D eigenvalue weighted by Gasteiger charge is -2.41. The summed E-state index contributed by atoms with van der Waals surface area (Å²) in [6, 6.07) is -0.562. The van der Waals surface area contributed by atoms with Crippen LogP contribution >= 0.6 is 0 Å². The van der Waals surface area contributed by atoms with Crippen molar-refractivity contribution in [2.75, 3.05) is 26.7 Å². The zero-order valence-electron chi connectivity index (χ0n) is 13.2. The van der Waals surface area contributed by atoms with Crippen molar-refractivity contribution in [2.24, 2.45) is 5.41 Å². The maximum absolute atomic E-state index is 11.7. The van der Waals surface area contributed by atoms with Crippen LogP contribution in [0, 0.1) is 5.41 Å². The van der Waals surface area contributed by atoms with Crippen LogP contribution in [-0.2, 0) is 14.3 Å². The molecule has 1 rings (SSSR count). The molecule has 1 aliphatic rings. The molecule has 116 valence electrons. The number of likely N-dealkylation sites (tertiary alicyclic amines) is 1. The molecule has 1 N–H and O–H groups in total. The van der Waals surface area contributed by atoms with E-state index in [0.29, 0.717) is 12.0 Å². The van der Waals surface area contributed by atoms with Crippen molar-refractivity contribution in [3.05, 3.63) is 0 Å². The fraction of sp³-hybridized carbons (Fsp3) is 0.867. The summed E-state index contributed by atoms with van der Waals surface area (Å²) >= 11 is 0. The highest BCUT2D eigenvalue weighted by Gasteiger charge is 2.33. The molecule has 0 bridgehead atoms. The number of methoxy groups -OCH3 is 1. The van der Waals surface area contributed by atoms with E-state index in [1.165, 1.54) is 26.9 Å². The number of piperidine rings is 1. The van der Waals surface area contributed by atoms with Crippen molar-refractivity contribution in [1.29, 1.82) is 0 Å². The fourth-order valence-electron chi connectivity index (χ4n) is 2.99. The molecular formula is C15H28N2O3. The van der Waals surface area contributed by atoms with Gasteiger partial charge in [-0.25, -0.2) is 4.79 Å². The quantitative estimate of drug-likeness (QED) is 0.752. The van der Waals surface area contributed by atoms with E-state index in [-0.39, 0.29) is 11.9 Å². The zero-order chi connectivity index (χ0) is 15.2. The van der Waals surface area contributed by atoms with E-state index in [2.05, 4.69) is 24.1 Å². The topological polar surface area (TPSA) is 58.6 Å². The Bertz CT molecular complexity index is 330. The van der Waals surface area contributed by atoms with Gasteiger partial charge in [0, 0.05) is 13.5 Å². The van der Waals surface area contributed by atoms with Crippen LogP contribution < -0.4 is 5.32 Å². The number of amides is 1. The van der Waals surface area contributed by atoms with E-state index in [1.807, 2.05) is 0 Å². The molecule has 5 nitrogen and oxygen atoms in total. The van der Waals surface area contributed by atoms with Gasteiger partial charge in [-0.1, -0.05) is 26.7 Å². The molecular weight excluding hydrogens is 256 g/mol. The normalized spacial score (nSPS) is 20.2. The Morgan fingerprint density at radius 1 is 1.25 bits per heavy atom. The first kappa shape index (κ1) is 17.0. The molecule has 0 aromatic carbocycles. The van der Waals surface area contributed by atoms with Crippen molar-refractivity contribution < 1.29 is 14.3 Å². The summed E-state index contributed by atoms with van der Waals surface area (Å²) in [5, 5.41) is 2.67. The molecule has 1 amide bonds. The van der Waals surface area contributed by atoms with Gasteiger partial charge in [-0.2, -0.15) is 0 Å². The van der Waals surface area contributed by atoms with Gasteiger partial charge in [-0.15, -0.1) is 0 Å². The zero-order valence-corrected chi connectivity index (χ0v) is 13.2. The van der Waals surface area contributed by atoms with Gasteiger partial charge in [0.1, 0.15) is 6.04 Å². The van der Waals surface area contributed by atoms with Crippen molar-refractivity contribution in [3.63, 3.8) is 0 Å². The van der Waals surface area contributed by atoms with E-state index in [4.69, 9.17) is 4.74 Å². The third-order valence-electron chi connectivity index (χ3n) is 4.72. The Morgan fingerprint density at radius 2 is 1.80 bits per heavy atom. The maximum atomic E-state index is 11.7. The molecule has 0 aromatic heterocycles. The van der Waals surface area contributed by atoms with Gasteiger partial charge in [0.2, 0.25) is 5.91 Å². The summed E-state index contributed by atoms with van der Waals surface area (Å²) in [5.41, 5.74) is 0.464. The number of hydrogen-bond acceptors (Lipinski definition) is 4. The van der Waals surface area contributed by atoms with E-state index in [9.17, 15) is 9.59 Å². The van der Waals surface area contributed by atoms with Gasteiger partial charge in [-0.05, 0) is 31.3 Å². The summed E-state index contributed by atoms with van der Waals surface area (Å²) in [6.07, 6.45) is 4.74. The summed E-state index contributed by atoms with van der Waals surface area (Å²) in [4.78, 5) is 25.1. The summed E-state index contributed by atoms with van der Waals surface area (Å²) in [5.74, 6) is -0.572. The highest BCUT2D eigenvalue weighted by atomic mass is 16.5. The van der Waals surface area contributed by atoms with Gasteiger partial charge in [0.25, 0.3) is 0 Å². The minimum Gasteiger partial charge on any atom is -0.467 e. The Hall–Kier alpha value is -1.10. The minimum atomic E-state index is -0.562. The Balaban J connectivity index is 2.55. The first-order valence-electron chi connectivity index (χ1n) is 7.53. The SMILES string of the molecule is CCC1(CC)CCN(CC(NC(C)=O)C(=O)OC)CC1. The van der Waals surface area contributed by atoms with Crippen LogP contribution in [-0.4, -0.2) is 49.6 Å². The fourth-order valence-corrected chi connectivity index (χ4v) is 2.99. The second-order valence-corrected chi connectivity index (χ2v) is 5.78. The monoisotopic (exact) mass is 284 g/mol. The van der Waals surface area contributed by atoms with Crippen LogP contribution in [0.25, 0.3) is 0 Å². The average molecular weight is 284 g/mol. The largest absolute Gasteiger partial charge is 0.467 e. The average Bonchev–Trinajstić information content (AvgIpc) is 2.46. The van der Waals surface area contributed by atoms with Crippen molar-refractivity contribution in [2.45, 2.75) is 52.5 Å². The van der Waals surface area contributed by atoms with Crippen molar-refractivity contribution in [1.82, 2.24) is 10.2 Å². The second kappa shape index (κ2) is 7.62. The molecule has 0 aliphatic carbocycles. The second-order valence-electron chi connectivity index (χ2n) is 5.78. The first-order valence-corrected chi connectivity index (χ1v) is 7.53. The number of rotatable bonds is 6. The first-order chi connectivity index (χ1) is 9.46. The highest BCUT2D eigenvalue weighted by molar-refractivity contribution is 5.83. The van der Waals surface area contributed by atoms with E-state index in [0.717, 1.165) is 25.9 Å². The van der Waals surface area contributed by atoms with E-state index in [1.54, 1.807) is 0 Å². The molecule has 1 unspecified atom stereocenters. The van der Waals surface area contributed by atoms with Gasteiger partial charge < -0.3 is 15.0 Å². The molecule has 1 fully saturated rings. The smallest absolute Gasteiger partial charge is 0.329 e. The predicted molar refractivity (Wildman–Crippen MR) is 78.3 cm³/mol. The third-order valence-corrected chi connectivity index (χ3v) is 4.72. The molecule has 0 aromatic rings. The molecule has 0 radical (unpaired) electrons. The van der Waals surface area contributed by atoms with Crippen molar-refractivity contribution >= 4 is 11.9 Å². The van der Waals surface area contributed by atoms with Crippen LogP contribution in [0.2, 0.25) is 0 Å². The van der Waals surface area contributed by atoms with Gasteiger partial charge >= 0.3 is 5.97 Å². The maximum Gasteiger partial charge on any atom is 0.329 e. The van der Waals surface area contributed by atoms with Crippen LogP contribution in [0.15, 0.2) is 0 Å². The summed E-state index contributed by atoms with van der Waals surface area (Å²) in [6.45, 7) is 8.44. The Labute approximate surface area is 122 Å². The lowest BCUT2D eigenvalue weighted by Crippen LogP contribution is -2.51. The Kier molecular flexibility index (Phi) is 6.46. The minimum absolute atomic E-state index is 0.200. The predicted octanol–water partition coefficient (Wildman–Crippen LogP) is 1.57. The number of carbonyl (C=O) groups is 2. The number of nitrogens with one attached hydrogen (secondary N) is 1. The van der Waals surface area contributed by atoms with E-state index < -0.39 is 6.04 Å². The molecule has 1 atom stereocenters. The van der Waals surface area contributed by atoms with Gasteiger partial charge in [0.15, 0.2) is 0 Å². The number of hydrogen-bond donors (Lipinski definition) is 1. The number of nitrogens with zero attached hydrogens (tertiary/aromatic N) is 1. The standard InChI is InChI=1S/C15H28N2O3/c1-5-15(6-2)7-9-17(10-8-15)11-13(14(19)20-4)16-12(3)18/h13H,5-11H2,1-4H3,(H,16,18). The summed E-state index contributed by atoms with van der Waals surface area (Å²) < 4.78 is 4.76.